The number of fused-ring (bicyclic) bond motifs is 2. The second-order valence-corrected chi connectivity index (χ2v) is 8.77. The van der Waals surface area contributed by atoms with Crippen molar-refractivity contribution in [3.05, 3.63) is 46.7 Å². The number of hydrogen-bond acceptors (Lipinski definition) is 4. The van der Waals surface area contributed by atoms with E-state index in [0.29, 0.717) is 22.5 Å². The summed E-state index contributed by atoms with van der Waals surface area (Å²) >= 11 is 3.48. The van der Waals surface area contributed by atoms with Crippen molar-refractivity contribution in [2.24, 2.45) is 0 Å². The average molecular weight is 422 g/mol. The zero-order valence-corrected chi connectivity index (χ0v) is 16.1. The summed E-state index contributed by atoms with van der Waals surface area (Å²) in [7, 11) is -3.76. The Morgan fingerprint density at radius 2 is 2.20 bits per heavy atom. The fraction of sp³-hybridized carbons (Fsp3) is 0.235. The number of anilines is 1. The number of nitrogens with zero attached hydrogens (tertiary/aromatic N) is 2. The van der Waals surface area contributed by atoms with Gasteiger partial charge in [-0.15, -0.1) is 0 Å². The molecule has 0 bridgehead atoms. The summed E-state index contributed by atoms with van der Waals surface area (Å²) in [4.78, 5) is 7.32. The van der Waals surface area contributed by atoms with E-state index in [1.54, 1.807) is 24.4 Å². The van der Waals surface area contributed by atoms with E-state index < -0.39 is 10.0 Å². The highest BCUT2D eigenvalue weighted by Crippen LogP contribution is 2.41. The largest absolute Gasteiger partial charge is 0.487 e. The minimum absolute atomic E-state index is 0.215. The Morgan fingerprint density at radius 3 is 3.00 bits per heavy atom. The van der Waals surface area contributed by atoms with Gasteiger partial charge in [-0.05, 0) is 43.7 Å². The van der Waals surface area contributed by atoms with Crippen molar-refractivity contribution in [3.8, 4) is 5.75 Å². The van der Waals surface area contributed by atoms with E-state index in [4.69, 9.17) is 4.74 Å². The molecule has 0 saturated carbocycles. The number of aryl methyl sites for hydroxylation is 1. The minimum Gasteiger partial charge on any atom is -0.487 e. The van der Waals surface area contributed by atoms with E-state index in [1.807, 2.05) is 19.9 Å². The number of pyridine rings is 1. The third-order valence-electron chi connectivity index (χ3n) is 4.24. The summed E-state index contributed by atoms with van der Waals surface area (Å²) in [5.41, 5.74) is 2.07. The van der Waals surface area contributed by atoms with Gasteiger partial charge in [0.25, 0.3) is 10.0 Å². The maximum atomic E-state index is 13.4. The molecular formula is C17H16BrN3O3S. The van der Waals surface area contributed by atoms with Crippen LogP contribution in [0.5, 0.6) is 5.75 Å². The molecule has 8 heteroatoms. The van der Waals surface area contributed by atoms with Gasteiger partial charge in [0.15, 0.2) is 0 Å². The van der Waals surface area contributed by atoms with Gasteiger partial charge in [0, 0.05) is 22.3 Å². The third kappa shape index (κ3) is 2.60. The first-order valence-corrected chi connectivity index (χ1v) is 10.0. The van der Waals surface area contributed by atoms with E-state index in [0.717, 1.165) is 10.0 Å². The smallest absolute Gasteiger partial charge is 0.266 e. The SMILES string of the molecule is Cc1cc2c(cc1Br)N(S(=O)(=O)c1c[nH]c3ncccc13)C[C@H](C)O2. The van der Waals surface area contributed by atoms with Gasteiger partial charge in [-0.1, -0.05) is 15.9 Å². The van der Waals surface area contributed by atoms with Crippen LogP contribution in [-0.2, 0) is 10.0 Å². The van der Waals surface area contributed by atoms with Crippen LogP contribution in [0.3, 0.4) is 0 Å². The first-order valence-electron chi connectivity index (χ1n) is 7.79. The maximum absolute atomic E-state index is 13.4. The molecule has 1 atom stereocenters. The number of benzene rings is 1. The number of sulfonamides is 1. The molecule has 0 unspecified atom stereocenters. The highest BCUT2D eigenvalue weighted by molar-refractivity contribution is 9.10. The molecule has 2 aromatic heterocycles. The molecule has 130 valence electrons. The topological polar surface area (TPSA) is 75.3 Å². The first kappa shape index (κ1) is 16.4. The Kier molecular flexibility index (Phi) is 3.77. The molecule has 1 aliphatic rings. The number of ether oxygens (including phenoxy) is 1. The van der Waals surface area contributed by atoms with E-state index >= 15 is 0 Å². The Hall–Kier alpha value is -2.06. The van der Waals surface area contributed by atoms with Crippen molar-refractivity contribution < 1.29 is 13.2 Å². The predicted molar refractivity (Wildman–Crippen MR) is 99.6 cm³/mol. The summed E-state index contributed by atoms with van der Waals surface area (Å²) in [5.74, 6) is 0.570. The Labute approximate surface area is 154 Å². The number of hydrogen-bond donors (Lipinski definition) is 1. The van der Waals surface area contributed by atoms with Crippen LogP contribution in [0.1, 0.15) is 12.5 Å². The summed E-state index contributed by atoms with van der Waals surface area (Å²) in [5, 5.41) is 0.578. The van der Waals surface area contributed by atoms with Gasteiger partial charge in [-0.2, -0.15) is 0 Å². The predicted octanol–water partition coefficient (Wildman–Crippen LogP) is 3.61. The fourth-order valence-corrected chi connectivity index (χ4v) is 5.04. The molecule has 4 rings (SSSR count). The van der Waals surface area contributed by atoms with Crippen LogP contribution in [0.15, 0.2) is 46.0 Å². The summed E-state index contributed by atoms with van der Waals surface area (Å²) in [6, 6.07) is 7.13. The van der Waals surface area contributed by atoms with Crippen molar-refractivity contribution in [2.45, 2.75) is 24.8 Å². The summed E-state index contributed by atoms with van der Waals surface area (Å²) in [6.45, 7) is 4.05. The van der Waals surface area contributed by atoms with Crippen LogP contribution in [0, 0.1) is 6.92 Å². The molecule has 25 heavy (non-hydrogen) atoms. The fourth-order valence-electron chi connectivity index (χ4n) is 3.01. The molecule has 1 N–H and O–H groups in total. The molecule has 0 aliphatic carbocycles. The second kappa shape index (κ2) is 5.74. The van der Waals surface area contributed by atoms with Crippen LogP contribution < -0.4 is 9.04 Å². The van der Waals surface area contributed by atoms with Gasteiger partial charge in [0.05, 0.1) is 12.2 Å². The van der Waals surface area contributed by atoms with E-state index in [2.05, 4.69) is 25.9 Å². The summed E-state index contributed by atoms with van der Waals surface area (Å²) < 4.78 is 34.9. The Morgan fingerprint density at radius 1 is 1.40 bits per heavy atom. The standard InChI is InChI=1S/C17H16BrN3O3S/c1-10-6-15-14(7-13(10)18)21(9-11(2)24-15)25(22,23)16-8-20-17-12(16)4-3-5-19-17/h3-8,11H,9H2,1-2H3,(H,19,20)/t11-/m0/s1. The van der Waals surface area contributed by atoms with Crippen LogP contribution in [0.4, 0.5) is 5.69 Å². The van der Waals surface area contributed by atoms with Crippen LogP contribution in [-0.4, -0.2) is 31.0 Å². The quantitative estimate of drug-likeness (QED) is 0.685. The van der Waals surface area contributed by atoms with Gasteiger partial charge in [-0.3, -0.25) is 4.31 Å². The zero-order chi connectivity index (χ0) is 17.8. The number of H-pyrrole nitrogens is 1. The number of rotatable bonds is 2. The zero-order valence-electron chi connectivity index (χ0n) is 13.7. The maximum Gasteiger partial charge on any atom is 0.266 e. The highest BCUT2D eigenvalue weighted by atomic mass is 79.9. The molecule has 3 heterocycles. The summed E-state index contributed by atoms with van der Waals surface area (Å²) in [6.07, 6.45) is 2.88. The van der Waals surface area contributed by atoms with E-state index in [9.17, 15) is 8.42 Å². The normalized spacial score (nSPS) is 17.4. The lowest BCUT2D eigenvalue weighted by Crippen LogP contribution is -2.42. The minimum atomic E-state index is -3.76. The number of aromatic amines is 1. The molecule has 0 amide bonds. The number of aromatic nitrogens is 2. The van der Waals surface area contributed by atoms with Crippen LogP contribution >= 0.6 is 15.9 Å². The lowest BCUT2D eigenvalue weighted by atomic mass is 10.2. The molecule has 0 spiro atoms. The third-order valence-corrected chi connectivity index (χ3v) is 6.92. The van der Waals surface area contributed by atoms with Crippen LogP contribution in [0.2, 0.25) is 0 Å². The van der Waals surface area contributed by atoms with Crippen LogP contribution in [0.25, 0.3) is 11.0 Å². The van der Waals surface area contributed by atoms with Gasteiger partial charge in [0.1, 0.15) is 22.4 Å². The van der Waals surface area contributed by atoms with Gasteiger partial charge < -0.3 is 9.72 Å². The lowest BCUT2D eigenvalue weighted by molar-refractivity contribution is 0.219. The van der Waals surface area contributed by atoms with Crippen molar-refractivity contribution in [1.29, 1.82) is 0 Å². The average Bonchev–Trinajstić information content (AvgIpc) is 3.00. The molecule has 1 aromatic carbocycles. The van der Waals surface area contributed by atoms with Crippen molar-refractivity contribution in [3.63, 3.8) is 0 Å². The lowest BCUT2D eigenvalue weighted by Gasteiger charge is -2.34. The Balaban J connectivity index is 1.91. The number of nitrogens with one attached hydrogen (secondary N) is 1. The molecule has 0 radical (unpaired) electrons. The van der Waals surface area contributed by atoms with Gasteiger partial charge >= 0.3 is 0 Å². The van der Waals surface area contributed by atoms with Gasteiger partial charge in [-0.25, -0.2) is 13.4 Å². The first-order chi connectivity index (χ1) is 11.9. The molecular weight excluding hydrogens is 406 g/mol. The number of halogens is 1. The monoisotopic (exact) mass is 421 g/mol. The van der Waals surface area contributed by atoms with E-state index in [-0.39, 0.29) is 17.5 Å². The van der Waals surface area contributed by atoms with E-state index in [1.165, 1.54) is 10.5 Å². The molecule has 0 saturated heterocycles. The van der Waals surface area contributed by atoms with Crippen molar-refractivity contribution >= 4 is 42.7 Å². The molecule has 3 aromatic rings. The molecule has 1 aliphatic heterocycles. The van der Waals surface area contributed by atoms with Crippen molar-refractivity contribution in [1.82, 2.24) is 9.97 Å². The Bertz CT molecular complexity index is 1080. The second-order valence-electron chi connectivity index (χ2n) is 6.09. The van der Waals surface area contributed by atoms with Gasteiger partial charge in [0.2, 0.25) is 0 Å². The highest BCUT2D eigenvalue weighted by Gasteiger charge is 2.35. The molecule has 0 fully saturated rings. The van der Waals surface area contributed by atoms with Crippen molar-refractivity contribution in [2.75, 3.05) is 10.8 Å². The molecule has 6 nitrogen and oxygen atoms in total.